The molecule has 0 spiro atoms. The third-order valence-corrected chi connectivity index (χ3v) is 6.22. The molecule has 4 aromatic rings. The first-order valence-electron chi connectivity index (χ1n) is 12.4. The molecule has 202 valence electrons. The molecule has 0 aliphatic heterocycles. The zero-order valence-electron chi connectivity index (χ0n) is 20.9. The molecule has 2 heterocycles. The summed E-state index contributed by atoms with van der Waals surface area (Å²) in [5.74, 6) is -0.464. The van der Waals surface area contributed by atoms with Crippen LogP contribution in [0.4, 0.5) is 11.4 Å². The lowest BCUT2D eigenvalue weighted by Gasteiger charge is -2.09. The predicted molar refractivity (Wildman–Crippen MR) is 138 cm³/mol. The van der Waals surface area contributed by atoms with E-state index in [1.807, 2.05) is 35.7 Å². The molecular weight excluding hydrogens is 492 g/mol. The molecular formula is C26H34N6O6+2. The Bertz CT molecular complexity index is 1370. The molecule has 12 nitrogen and oxygen atoms in total. The standard InChI is InChI=1S/C26H32N6O6/c33-20-15-24(37)22(35)13-18(20)27-4-8-31-12-11-30(17-31)7-2-1-3-26-29-6-10-32(26)9-5-28-19-14-23(36)25(38)16-21(19)34/h6,10-17,27-28H,1-5,7-9H2,(H5-,33,34,35,36,37,38)/p+2. The van der Waals surface area contributed by atoms with Crippen LogP contribution in [0.15, 0.2) is 55.4 Å². The fraction of sp³-hybridized carbons (Fsp3) is 0.308. The van der Waals surface area contributed by atoms with Crippen LogP contribution in [-0.4, -0.2) is 53.3 Å². The molecule has 0 radical (unpaired) electrons. The van der Waals surface area contributed by atoms with Crippen LogP contribution in [-0.2, 0) is 26.1 Å². The summed E-state index contributed by atoms with van der Waals surface area (Å²) in [4.78, 5) is 3.28. The fourth-order valence-electron chi connectivity index (χ4n) is 4.16. The van der Waals surface area contributed by atoms with Crippen LogP contribution in [0.25, 0.3) is 0 Å². The van der Waals surface area contributed by atoms with Gasteiger partial charge in [0.05, 0.1) is 31.0 Å². The van der Waals surface area contributed by atoms with E-state index in [1.54, 1.807) is 0 Å². The molecule has 0 saturated heterocycles. The maximum atomic E-state index is 9.91. The molecule has 0 saturated carbocycles. The summed E-state index contributed by atoms with van der Waals surface area (Å²) >= 11 is 0. The first-order valence-corrected chi connectivity index (χ1v) is 12.4. The van der Waals surface area contributed by atoms with Crippen molar-refractivity contribution in [3.63, 3.8) is 0 Å². The average molecular weight is 527 g/mol. The van der Waals surface area contributed by atoms with Crippen LogP contribution in [0.5, 0.6) is 34.5 Å². The Kier molecular flexibility index (Phi) is 8.31. The van der Waals surface area contributed by atoms with Crippen molar-refractivity contribution in [2.24, 2.45) is 0 Å². The van der Waals surface area contributed by atoms with Crippen LogP contribution in [0, 0.1) is 0 Å². The summed E-state index contributed by atoms with van der Waals surface area (Å²) in [6, 6.07) is 4.78. The van der Waals surface area contributed by atoms with Crippen molar-refractivity contribution >= 4 is 11.4 Å². The van der Waals surface area contributed by atoms with Gasteiger partial charge in [0.1, 0.15) is 49.4 Å². The van der Waals surface area contributed by atoms with Crippen molar-refractivity contribution in [1.82, 2.24) is 9.55 Å². The number of benzene rings is 2. The lowest BCUT2D eigenvalue weighted by atomic mass is 10.2. The number of aryl methyl sites for hydroxylation is 2. The van der Waals surface area contributed by atoms with E-state index in [9.17, 15) is 30.6 Å². The highest BCUT2D eigenvalue weighted by Gasteiger charge is 2.13. The number of hydrogen-bond donors (Lipinski definition) is 9. The van der Waals surface area contributed by atoms with Gasteiger partial charge in [0.25, 0.3) is 5.82 Å². The SMILES string of the molecule is Oc1cc(O)c(NCCn2cc[n+](CCCCc3[nH]cc[n+]3CCNc3cc(O)c(O)cc3O)c2)cc1O. The van der Waals surface area contributed by atoms with Crippen LogP contribution in [0.2, 0.25) is 0 Å². The Balaban J connectivity index is 1.16. The van der Waals surface area contributed by atoms with Gasteiger partial charge in [-0.2, -0.15) is 0 Å². The summed E-state index contributed by atoms with van der Waals surface area (Å²) in [6.07, 6.45) is 12.7. The Labute approximate surface area is 219 Å². The molecule has 0 unspecified atom stereocenters. The lowest BCUT2D eigenvalue weighted by Crippen LogP contribution is -2.39. The number of anilines is 2. The van der Waals surface area contributed by atoms with Crippen molar-refractivity contribution in [2.45, 2.75) is 38.9 Å². The monoisotopic (exact) mass is 526 g/mol. The maximum absolute atomic E-state index is 9.91. The van der Waals surface area contributed by atoms with Gasteiger partial charge >= 0.3 is 0 Å². The minimum atomic E-state index is -0.365. The van der Waals surface area contributed by atoms with Gasteiger partial charge in [-0.15, -0.1) is 0 Å². The largest absolute Gasteiger partial charge is 0.506 e. The fourth-order valence-corrected chi connectivity index (χ4v) is 4.16. The molecule has 12 heteroatoms. The highest BCUT2D eigenvalue weighted by Crippen LogP contribution is 2.36. The molecule has 0 fully saturated rings. The van der Waals surface area contributed by atoms with Crippen molar-refractivity contribution in [3.8, 4) is 34.5 Å². The number of H-pyrrole nitrogens is 1. The second-order valence-corrected chi connectivity index (χ2v) is 9.02. The molecule has 4 rings (SSSR count). The van der Waals surface area contributed by atoms with Crippen LogP contribution in [0.1, 0.15) is 18.7 Å². The summed E-state index contributed by atoms with van der Waals surface area (Å²) in [7, 11) is 0. The van der Waals surface area contributed by atoms with E-state index in [0.29, 0.717) is 37.6 Å². The van der Waals surface area contributed by atoms with Gasteiger partial charge in [0, 0.05) is 30.7 Å². The highest BCUT2D eigenvalue weighted by molar-refractivity contribution is 5.63. The zero-order valence-corrected chi connectivity index (χ0v) is 20.9. The predicted octanol–water partition coefficient (Wildman–Crippen LogP) is 1.87. The topological polar surface area (TPSA) is 174 Å². The van der Waals surface area contributed by atoms with Gasteiger partial charge in [-0.05, 0) is 12.8 Å². The van der Waals surface area contributed by atoms with Gasteiger partial charge in [-0.25, -0.2) is 18.7 Å². The van der Waals surface area contributed by atoms with Crippen LogP contribution < -0.4 is 19.8 Å². The first-order chi connectivity index (χ1) is 18.3. The number of unbranched alkanes of at least 4 members (excludes halogenated alkanes) is 1. The second kappa shape index (κ2) is 12.0. The lowest BCUT2D eigenvalue weighted by molar-refractivity contribution is -0.701. The molecule has 0 bridgehead atoms. The number of hydrogen-bond acceptors (Lipinski definition) is 8. The molecule has 2 aromatic carbocycles. The number of imidazole rings is 2. The number of rotatable bonds is 13. The van der Waals surface area contributed by atoms with Crippen molar-refractivity contribution in [1.29, 1.82) is 0 Å². The van der Waals surface area contributed by atoms with Gasteiger partial charge in [-0.3, -0.25) is 0 Å². The number of phenols is 6. The third kappa shape index (κ3) is 6.72. The summed E-state index contributed by atoms with van der Waals surface area (Å²) in [5, 5.41) is 63.9. The van der Waals surface area contributed by atoms with Crippen molar-refractivity contribution < 1.29 is 39.8 Å². The molecule has 0 aliphatic carbocycles. The molecule has 0 amide bonds. The van der Waals surface area contributed by atoms with Gasteiger partial charge in [-0.1, -0.05) is 0 Å². The second-order valence-electron chi connectivity index (χ2n) is 9.02. The van der Waals surface area contributed by atoms with Gasteiger partial charge < -0.3 is 41.3 Å². The smallest absolute Gasteiger partial charge is 0.254 e. The summed E-state index contributed by atoms with van der Waals surface area (Å²) < 4.78 is 6.25. The van der Waals surface area contributed by atoms with E-state index in [1.165, 1.54) is 12.1 Å². The van der Waals surface area contributed by atoms with E-state index < -0.39 is 0 Å². The summed E-state index contributed by atoms with van der Waals surface area (Å²) in [6.45, 7) is 3.25. The van der Waals surface area contributed by atoms with Gasteiger partial charge in [0.15, 0.2) is 23.0 Å². The molecule has 9 N–H and O–H groups in total. The number of phenolic OH excluding ortho intramolecular Hbond substituents is 6. The van der Waals surface area contributed by atoms with E-state index >= 15 is 0 Å². The van der Waals surface area contributed by atoms with Gasteiger partial charge in [0.2, 0.25) is 6.33 Å². The number of aromatic amines is 1. The minimum absolute atomic E-state index is 0.126. The van der Waals surface area contributed by atoms with E-state index in [-0.39, 0.29) is 34.5 Å². The average Bonchev–Trinajstić information content (AvgIpc) is 3.52. The molecule has 0 atom stereocenters. The molecule has 0 aliphatic rings. The van der Waals surface area contributed by atoms with E-state index in [2.05, 4.69) is 24.8 Å². The highest BCUT2D eigenvalue weighted by atomic mass is 16.3. The van der Waals surface area contributed by atoms with Crippen LogP contribution >= 0.6 is 0 Å². The quantitative estimate of drug-likeness (QED) is 0.0549. The number of nitrogens with zero attached hydrogens (tertiary/aromatic N) is 3. The Morgan fingerprint density at radius 3 is 2.03 bits per heavy atom. The normalized spacial score (nSPS) is 11.1. The Morgan fingerprint density at radius 2 is 1.34 bits per heavy atom. The Morgan fingerprint density at radius 1 is 0.711 bits per heavy atom. The van der Waals surface area contributed by atoms with E-state index in [4.69, 9.17) is 0 Å². The number of aromatic nitrogens is 4. The minimum Gasteiger partial charge on any atom is -0.506 e. The maximum Gasteiger partial charge on any atom is 0.254 e. The Hall–Kier alpha value is -4.74. The van der Waals surface area contributed by atoms with Crippen molar-refractivity contribution in [2.75, 3.05) is 23.7 Å². The third-order valence-electron chi connectivity index (χ3n) is 6.22. The van der Waals surface area contributed by atoms with E-state index in [0.717, 1.165) is 43.8 Å². The zero-order chi connectivity index (χ0) is 27.1. The number of aromatic hydroxyl groups is 6. The number of nitrogens with one attached hydrogen (secondary N) is 3. The first kappa shape index (κ1) is 26.3. The van der Waals surface area contributed by atoms with Crippen LogP contribution in [0.3, 0.4) is 0 Å². The summed E-state index contributed by atoms with van der Waals surface area (Å²) in [5.41, 5.74) is 0.714. The molecule has 38 heavy (non-hydrogen) atoms. The van der Waals surface area contributed by atoms with Crippen molar-refractivity contribution in [3.05, 3.63) is 61.2 Å². The molecule has 2 aromatic heterocycles.